The highest BCUT2D eigenvalue weighted by molar-refractivity contribution is 5.79. The van der Waals surface area contributed by atoms with Gasteiger partial charge in [0.25, 0.3) is 0 Å². The molecule has 1 N–H and O–H groups in total. The molecular formula is C18H27N5O3. The molecule has 0 atom stereocenters. The Balaban J connectivity index is 1.27. The van der Waals surface area contributed by atoms with Crippen LogP contribution >= 0.6 is 0 Å². The van der Waals surface area contributed by atoms with Crippen LogP contribution in [0.15, 0.2) is 6.07 Å². The molecule has 142 valence electrons. The van der Waals surface area contributed by atoms with E-state index in [9.17, 15) is 9.59 Å². The van der Waals surface area contributed by atoms with Crippen LogP contribution in [0.1, 0.15) is 30.7 Å². The van der Waals surface area contributed by atoms with E-state index in [0.717, 1.165) is 50.4 Å². The molecule has 0 aromatic carbocycles. The van der Waals surface area contributed by atoms with Crippen LogP contribution in [-0.2, 0) is 34.0 Å². The summed E-state index contributed by atoms with van der Waals surface area (Å²) < 4.78 is 7.26. The Morgan fingerprint density at radius 3 is 2.73 bits per heavy atom. The Labute approximate surface area is 153 Å². The molecule has 2 aliphatic heterocycles. The number of carbonyl (C=O) groups excluding carboxylic acids is 2. The molecule has 1 aromatic heterocycles. The van der Waals surface area contributed by atoms with E-state index >= 15 is 0 Å². The van der Waals surface area contributed by atoms with E-state index < -0.39 is 0 Å². The number of morpholine rings is 1. The summed E-state index contributed by atoms with van der Waals surface area (Å²) in [6.07, 6.45) is 3.25. The molecule has 4 rings (SSSR count). The summed E-state index contributed by atoms with van der Waals surface area (Å²) in [5, 5.41) is 7.52. The molecule has 26 heavy (non-hydrogen) atoms. The molecule has 1 saturated heterocycles. The highest BCUT2D eigenvalue weighted by atomic mass is 16.5. The molecule has 1 aliphatic carbocycles. The third-order valence-electron chi connectivity index (χ3n) is 5.55. The minimum absolute atomic E-state index is 0.0136. The van der Waals surface area contributed by atoms with Gasteiger partial charge in [-0.3, -0.25) is 19.2 Å². The van der Waals surface area contributed by atoms with Gasteiger partial charge in [0, 0.05) is 25.6 Å². The van der Waals surface area contributed by atoms with Crippen molar-refractivity contribution in [2.45, 2.75) is 38.9 Å². The molecule has 2 amide bonds. The van der Waals surface area contributed by atoms with Crippen molar-refractivity contribution in [2.75, 3.05) is 39.4 Å². The fraction of sp³-hybridized carbons (Fsp3) is 0.722. The van der Waals surface area contributed by atoms with Crippen molar-refractivity contribution < 1.29 is 14.3 Å². The SMILES string of the molecule is O=C(CN1CCOCC1)NCc1cc2n(n1)CCN(C(=O)C1CCC1)C2. The highest BCUT2D eigenvalue weighted by Crippen LogP contribution is 2.29. The van der Waals surface area contributed by atoms with E-state index in [1.54, 1.807) is 0 Å². The third-order valence-corrected chi connectivity index (χ3v) is 5.55. The Morgan fingerprint density at radius 2 is 2.00 bits per heavy atom. The minimum Gasteiger partial charge on any atom is -0.379 e. The lowest BCUT2D eigenvalue weighted by molar-refractivity contribution is -0.139. The lowest BCUT2D eigenvalue weighted by Crippen LogP contribution is -2.43. The Kier molecular flexibility index (Phi) is 5.21. The molecule has 0 bridgehead atoms. The zero-order valence-corrected chi connectivity index (χ0v) is 15.2. The maximum Gasteiger partial charge on any atom is 0.234 e. The normalized spacial score (nSPS) is 21.2. The smallest absolute Gasteiger partial charge is 0.234 e. The minimum atomic E-state index is 0.0136. The number of nitrogens with zero attached hydrogens (tertiary/aromatic N) is 4. The predicted octanol–water partition coefficient (Wildman–Crippen LogP) is -0.0262. The zero-order valence-electron chi connectivity index (χ0n) is 15.2. The molecule has 1 saturated carbocycles. The molecule has 3 heterocycles. The van der Waals surface area contributed by atoms with Gasteiger partial charge in [0.1, 0.15) is 0 Å². The number of carbonyl (C=O) groups is 2. The Hall–Kier alpha value is -1.93. The van der Waals surface area contributed by atoms with Gasteiger partial charge in [0.05, 0.1) is 50.8 Å². The van der Waals surface area contributed by atoms with Crippen molar-refractivity contribution >= 4 is 11.8 Å². The first-order chi connectivity index (χ1) is 12.7. The van der Waals surface area contributed by atoms with Crippen molar-refractivity contribution in [1.29, 1.82) is 0 Å². The quantitative estimate of drug-likeness (QED) is 0.797. The lowest BCUT2D eigenvalue weighted by atomic mass is 9.84. The second-order valence-corrected chi connectivity index (χ2v) is 7.40. The van der Waals surface area contributed by atoms with E-state index in [-0.39, 0.29) is 11.8 Å². The molecule has 0 radical (unpaired) electrons. The van der Waals surface area contributed by atoms with Gasteiger partial charge < -0.3 is 15.0 Å². The zero-order chi connectivity index (χ0) is 17.9. The van der Waals surface area contributed by atoms with Gasteiger partial charge in [-0.15, -0.1) is 0 Å². The van der Waals surface area contributed by atoms with Crippen LogP contribution in [0, 0.1) is 5.92 Å². The standard InChI is InChI=1S/C18H27N5O3/c24-17(13-21-6-8-26-9-7-21)19-11-15-10-16-12-22(4-5-23(16)20-15)18(25)14-2-1-3-14/h10,14H,1-9,11-13H2,(H,19,24). The summed E-state index contributed by atoms with van der Waals surface area (Å²) in [4.78, 5) is 28.6. The first-order valence-corrected chi connectivity index (χ1v) is 9.60. The molecule has 2 fully saturated rings. The van der Waals surface area contributed by atoms with Crippen molar-refractivity contribution in [1.82, 2.24) is 24.9 Å². The van der Waals surface area contributed by atoms with Gasteiger partial charge in [-0.05, 0) is 18.9 Å². The van der Waals surface area contributed by atoms with Gasteiger partial charge in [-0.25, -0.2) is 0 Å². The largest absolute Gasteiger partial charge is 0.379 e. The van der Waals surface area contributed by atoms with Crippen LogP contribution in [0.2, 0.25) is 0 Å². The van der Waals surface area contributed by atoms with Gasteiger partial charge in [-0.2, -0.15) is 5.10 Å². The number of rotatable bonds is 5. The second-order valence-electron chi connectivity index (χ2n) is 7.40. The first kappa shape index (κ1) is 17.5. The first-order valence-electron chi connectivity index (χ1n) is 9.60. The van der Waals surface area contributed by atoms with E-state index in [1.165, 1.54) is 6.42 Å². The Bertz CT molecular complexity index is 664. The number of nitrogens with one attached hydrogen (secondary N) is 1. The van der Waals surface area contributed by atoms with Crippen LogP contribution in [0.5, 0.6) is 0 Å². The van der Waals surface area contributed by atoms with Crippen molar-refractivity contribution in [3.63, 3.8) is 0 Å². The lowest BCUT2D eigenvalue weighted by Gasteiger charge is -2.34. The van der Waals surface area contributed by atoms with Gasteiger partial charge in [0.2, 0.25) is 11.8 Å². The predicted molar refractivity (Wildman–Crippen MR) is 94.1 cm³/mol. The third kappa shape index (κ3) is 3.91. The summed E-state index contributed by atoms with van der Waals surface area (Å²) in [6.45, 7) is 5.91. The summed E-state index contributed by atoms with van der Waals surface area (Å²) in [5.74, 6) is 0.548. The summed E-state index contributed by atoms with van der Waals surface area (Å²) >= 11 is 0. The van der Waals surface area contributed by atoms with Crippen molar-refractivity contribution in [2.24, 2.45) is 5.92 Å². The molecule has 3 aliphatic rings. The maximum atomic E-state index is 12.4. The number of aromatic nitrogens is 2. The van der Waals surface area contributed by atoms with Crippen LogP contribution in [0.3, 0.4) is 0 Å². The van der Waals surface area contributed by atoms with Crippen molar-refractivity contribution in [3.8, 4) is 0 Å². The van der Waals surface area contributed by atoms with Crippen LogP contribution in [0.4, 0.5) is 0 Å². The average Bonchev–Trinajstić information content (AvgIpc) is 3.01. The number of amides is 2. The van der Waals surface area contributed by atoms with E-state index in [1.807, 2.05) is 15.6 Å². The average molecular weight is 361 g/mol. The molecular weight excluding hydrogens is 334 g/mol. The fourth-order valence-corrected chi connectivity index (χ4v) is 3.72. The van der Waals surface area contributed by atoms with Crippen molar-refractivity contribution in [3.05, 3.63) is 17.5 Å². The van der Waals surface area contributed by atoms with Gasteiger partial charge in [-0.1, -0.05) is 6.42 Å². The summed E-state index contributed by atoms with van der Waals surface area (Å²) in [7, 11) is 0. The van der Waals surface area contributed by atoms with Crippen LogP contribution in [0.25, 0.3) is 0 Å². The van der Waals surface area contributed by atoms with Gasteiger partial charge in [0.15, 0.2) is 0 Å². The molecule has 8 heteroatoms. The number of hydrogen-bond donors (Lipinski definition) is 1. The van der Waals surface area contributed by atoms with E-state index in [0.29, 0.717) is 38.8 Å². The van der Waals surface area contributed by atoms with Crippen LogP contribution in [-0.4, -0.2) is 70.8 Å². The number of ether oxygens (including phenoxy) is 1. The topological polar surface area (TPSA) is 79.7 Å². The van der Waals surface area contributed by atoms with E-state index in [2.05, 4.69) is 15.3 Å². The molecule has 0 unspecified atom stereocenters. The number of fused-ring (bicyclic) bond motifs is 1. The Morgan fingerprint density at radius 1 is 1.19 bits per heavy atom. The highest BCUT2D eigenvalue weighted by Gasteiger charge is 2.31. The number of hydrogen-bond acceptors (Lipinski definition) is 5. The molecule has 1 aromatic rings. The maximum absolute atomic E-state index is 12.4. The van der Waals surface area contributed by atoms with Crippen LogP contribution < -0.4 is 5.32 Å². The second kappa shape index (κ2) is 7.75. The monoisotopic (exact) mass is 361 g/mol. The fourth-order valence-electron chi connectivity index (χ4n) is 3.72. The van der Waals surface area contributed by atoms with Gasteiger partial charge >= 0.3 is 0 Å². The summed E-state index contributed by atoms with van der Waals surface area (Å²) in [5.41, 5.74) is 1.91. The molecule has 8 nitrogen and oxygen atoms in total. The summed E-state index contributed by atoms with van der Waals surface area (Å²) in [6, 6.07) is 2.01. The molecule has 0 spiro atoms. The van der Waals surface area contributed by atoms with E-state index in [4.69, 9.17) is 4.74 Å².